The van der Waals surface area contributed by atoms with Crippen molar-refractivity contribution in [3.05, 3.63) is 137 Å². The molecule has 4 aromatic carbocycles. The van der Waals surface area contributed by atoms with E-state index in [1.807, 2.05) is 84.2 Å². The summed E-state index contributed by atoms with van der Waals surface area (Å²) < 4.78 is 34.6. The molecule has 0 radical (unpaired) electrons. The van der Waals surface area contributed by atoms with Crippen molar-refractivity contribution in [1.29, 1.82) is 0 Å². The van der Waals surface area contributed by atoms with E-state index < -0.39 is 10.1 Å². The van der Waals surface area contributed by atoms with E-state index in [-0.39, 0.29) is 10.8 Å². The highest BCUT2D eigenvalue weighted by atomic mass is 32.2. The Morgan fingerprint density at radius 2 is 1.18 bits per heavy atom. The van der Waals surface area contributed by atoms with Gasteiger partial charge in [0.05, 0.1) is 0 Å². The van der Waals surface area contributed by atoms with Gasteiger partial charge >= 0.3 is 0 Å². The molecule has 34 heavy (non-hydrogen) atoms. The highest BCUT2D eigenvalue weighted by Gasteiger charge is 2.23. The zero-order valence-corrected chi connectivity index (χ0v) is 19.8. The van der Waals surface area contributed by atoms with Gasteiger partial charge in [-0.2, -0.15) is 8.42 Å². The molecular formula is C29H22O3S2. The van der Waals surface area contributed by atoms with Gasteiger partial charge in [-0.25, -0.2) is 0 Å². The minimum absolute atomic E-state index is 0.0786. The lowest BCUT2D eigenvalue weighted by molar-refractivity contribution is 0.483. The van der Waals surface area contributed by atoms with E-state index in [0.717, 1.165) is 32.7 Å². The second-order valence-electron chi connectivity index (χ2n) is 8.05. The Kier molecular flexibility index (Phi) is 6.16. The van der Waals surface area contributed by atoms with Gasteiger partial charge in [0, 0.05) is 16.4 Å². The summed E-state index contributed by atoms with van der Waals surface area (Å²) >= 11 is 1.46. The molecule has 5 heteroatoms. The Hall–Kier alpha value is -3.51. The largest absolute Gasteiger partial charge is 0.295 e. The molecule has 3 nitrogen and oxygen atoms in total. The second-order valence-corrected chi connectivity index (χ2v) is 10.4. The smallest absolute Gasteiger partial charge is 0.282 e. The standard InChI is InChI=1S/C29H22O3S2/c30-34(31,32)28-17-16-24(29(22-12-6-2-7-13-22)23-14-8-3-9-15-23)18-26(28)27-19-25(20-33-27)21-10-4-1-5-11-21/h1-20,29H,(H,30,31,32). The summed E-state index contributed by atoms with van der Waals surface area (Å²) in [5.41, 5.74) is 5.74. The van der Waals surface area contributed by atoms with Gasteiger partial charge in [-0.05, 0) is 51.4 Å². The second kappa shape index (κ2) is 9.39. The van der Waals surface area contributed by atoms with Crippen LogP contribution in [0.25, 0.3) is 21.6 Å². The van der Waals surface area contributed by atoms with Crippen LogP contribution in [0.1, 0.15) is 22.6 Å². The third-order valence-electron chi connectivity index (χ3n) is 5.85. The van der Waals surface area contributed by atoms with Crippen LogP contribution in [0.15, 0.2) is 126 Å². The first-order valence-electron chi connectivity index (χ1n) is 10.9. The maximum absolute atomic E-state index is 12.3. The first-order chi connectivity index (χ1) is 16.5. The van der Waals surface area contributed by atoms with Crippen molar-refractivity contribution in [3.8, 4) is 21.6 Å². The van der Waals surface area contributed by atoms with E-state index in [1.165, 1.54) is 17.4 Å². The molecule has 1 aromatic heterocycles. The number of thiophene rings is 1. The van der Waals surface area contributed by atoms with Gasteiger partial charge in [-0.3, -0.25) is 4.55 Å². The summed E-state index contributed by atoms with van der Waals surface area (Å²) in [6, 6.07) is 37.4. The molecule has 0 atom stereocenters. The van der Waals surface area contributed by atoms with E-state index in [0.29, 0.717) is 5.56 Å². The number of rotatable bonds is 6. The highest BCUT2D eigenvalue weighted by molar-refractivity contribution is 7.86. The van der Waals surface area contributed by atoms with Crippen LogP contribution in [0.2, 0.25) is 0 Å². The van der Waals surface area contributed by atoms with Crippen molar-refractivity contribution < 1.29 is 13.0 Å². The van der Waals surface area contributed by atoms with Gasteiger partial charge < -0.3 is 0 Å². The zero-order chi connectivity index (χ0) is 23.5. The number of hydrogen-bond acceptors (Lipinski definition) is 3. The van der Waals surface area contributed by atoms with Crippen molar-refractivity contribution in [2.24, 2.45) is 0 Å². The Morgan fingerprint density at radius 1 is 0.618 bits per heavy atom. The summed E-state index contributed by atoms with van der Waals surface area (Å²) in [6.45, 7) is 0. The van der Waals surface area contributed by atoms with Crippen LogP contribution >= 0.6 is 11.3 Å². The van der Waals surface area contributed by atoms with E-state index in [1.54, 1.807) is 6.07 Å². The van der Waals surface area contributed by atoms with E-state index in [4.69, 9.17) is 0 Å². The summed E-state index contributed by atoms with van der Waals surface area (Å²) in [5, 5.41) is 2.01. The van der Waals surface area contributed by atoms with Crippen molar-refractivity contribution in [3.63, 3.8) is 0 Å². The van der Waals surface area contributed by atoms with Crippen LogP contribution in [0.4, 0.5) is 0 Å². The summed E-state index contributed by atoms with van der Waals surface area (Å²) in [6.07, 6.45) is 0. The maximum Gasteiger partial charge on any atom is 0.295 e. The molecule has 0 bridgehead atoms. The van der Waals surface area contributed by atoms with Crippen LogP contribution in [0.5, 0.6) is 0 Å². The zero-order valence-electron chi connectivity index (χ0n) is 18.2. The first-order valence-corrected chi connectivity index (χ1v) is 13.2. The third-order valence-corrected chi connectivity index (χ3v) is 7.73. The Morgan fingerprint density at radius 3 is 1.74 bits per heavy atom. The van der Waals surface area contributed by atoms with Gasteiger partial charge in [0.15, 0.2) is 0 Å². The fourth-order valence-electron chi connectivity index (χ4n) is 4.27. The predicted molar refractivity (Wildman–Crippen MR) is 139 cm³/mol. The quantitative estimate of drug-likeness (QED) is 0.201. The molecule has 1 heterocycles. The van der Waals surface area contributed by atoms with Crippen molar-refractivity contribution in [1.82, 2.24) is 0 Å². The van der Waals surface area contributed by atoms with Crippen molar-refractivity contribution in [2.45, 2.75) is 10.8 Å². The minimum Gasteiger partial charge on any atom is -0.282 e. The molecular weight excluding hydrogens is 460 g/mol. The summed E-state index contributed by atoms with van der Waals surface area (Å²) in [7, 11) is -4.40. The first kappa shape index (κ1) is 22.3. The molecule has 0 aliphatic carbocycles. The van der Waals surface area contributed by atoms with Gasteiger partial charge in [0.2, 0.25) is 0 Å². The fourth-order valence-corrected chi connectivity index (χ4v) is 5.97. The molecule has 0 saturated carbocycles. The topological polar surface area (TPSA) is 54.4 Å². The SMILES string of the molecule is O=S(=O)(O)c1ccc(C(c2ccccc2)c2ccccc2)cc1-c1cc(-c2ccccc2)cs1. The van der Waals surface area contributed by atoms with Gasteiger partial charge in [0.25, 0.3) is 10.1 Å². The molecule has 0 aliphatic rings. The molecule has 0 aliphatic heterocycles. The Labute approximate surface area is 203 Å². The molecule has 5 aromatic rings. The molecule has 1 N–H and O–H groups in total. The average molecular weight is 483 g/mol. The van der Waals surface area contributed by atoms with Crippen molar-refractivity contribution >= 4 is 21.5 Å². The van der Waals surface area contributed by atoms with Crippen LogP contribution < -0.4 is 0 Å². The van der Waals surface area contributed by atoms with Crippen LogP contribution in [-0.4, -0.2) is 13.0 Å². The average Bonchev–Trinajstić information content (AvgIpc) is 3.36. The van der Waals surface area contributed by atoms with E-state index >= 15 is 0 Å². The van der Waals surface area contributed by atoms with Gasteiger partial charge in [0.1, 0.15) is 4.90 Å². The Balaban J connectivity index is 1.68. The number of benzene rings is 4. The normalized spacial score (nSPS) is 11.6. The monoisotopic (exact) mass is 482 g/mol. The van der Waals surface area contributed by atoms with E-state index in [2.05, 4.69) is 24.3 Å². The summed E-state index contributed by atoms with van der Waals surface area (Å²) in [5.74, 6) is -0.0786. The van der Waals surface area contributed by atoms with Crippen LogP contribution in [-0.2, 0) is 10.1 Å². The maximum atomic E-state index is 12.3. The molecule has 0 unspecified atom stereocenters. The molecule has 0 saturated heterocycles. The van der Waals surface area contributed by atoms with E-state index in [9.17, 15) is 13.0 Å². The lowest BCUT2D eigenvalue weighted by Gasteiger charge is -2.20. The van der Waals surface area contributed by atoms with Gasteiger partial charge in [-0.15, -0.1) is 11.3 Å². The minimum atomic E-state index is -4.40. The molecule has 168 valence electrons. The van der Waals surface area contributed by atoms with Crippen molar-refractivity contribution in [2.75, 3.05) is 0 Å². The fraction of sp³-hybridized carbons (Fsp3) is 0.0345. The predicted octanol–water partition coefficient (Wildman–Crippen LogP) is 7.51. The Bertz CT molecular complexity index is 1470. The highest BCUT2D eigenvalue weighted by Crippen LogP contribution is 2.40. The molecule has 0 fully saturated rings. The lowest BCUT2D eigenvalue weighted by atomic mass is 9.84. The molecule has 5 rings (SSSR count). The molecule has 0 amide bonds. The molecule has 0 spiro atoms. The van der Waals surface area contributed by atoms with Crippen LogP contribution in [0.3, 0.4) is 0 Å². The van der Waals surface area contributed by atoms with Gasteiger partial charge in [-0.1, -0.05) is 97.1 Å². The third kappa shape index (κ3) is 4.59. The lowest BCUT2D eigenvalue weighted by Crippen LogP contribution is -2.06. The van der Waals surface area contributed by atoms with Crippen LogP contribution in [0, 0.1) is 0 Å². The number of hydrogen-bond donors (Lipinski definition) is 1. The summed E-state index contributed by atoms with van der Waals surface area (Å²) in [4.78, 5) is 0.700.